The summed E-state index contributed by atoms with van der Waals surface area (Å²) < 4.78 is 6.68. The van der Waals surface area contributed by atoms with E-state index >= 15 is 0 Å². The minimum Gasteiger partial charge on any atom is -0.289 e. The molecule has 1 rings (SSSR count). The van der Waals surface area contributed by atoms with Crippen LogP contribution in [0.4, 0.5) is 0 Å². The van der Waals surface area contributed by atoms with Gasteiger partial charge in [-0.15, -0.1) is 0 Å². The fraction of sp³-hybridized carbons (Fsp3) is 0. The van der Waals surface area contributed by atoms with Gasteiger partial charge >= 0.3 is 0 Å². The summed E-state index contributed by atoms with van der Waals surface area (Å²) >= 11 is 0. The molecule has 0 aliphatic heterocycles. The van der Waals surface area contributed by atoms with Crippen molar-refractivity contribution in [3.8, 4) is 0 Å². The summed E-state index contributed by atoms with van der Waals surface area (Å²) in [5, 5.41) is 0. The topological polar surface area (TPSA) is 17.1 Å². The SMILES string of the molecule is [2H]C=CC(=O)c1ccccc1. The summed E-state index contributed by atoms with van der Waals surface area (Å²) in [4.78, 5) is 11.0. The molecule has 0 saturated carbocycles. The number of rotatable bonds is 2. The van der Waals surface area contributed by atoms with E-state index < -0.39 is 0 Å². The normalized spacial score (nSPS) is 11.4. The first-order chi connectivity index (χ1) is 5.34. The smallest absolute Gasteiger partial charge is 0.185 e. The van der Waals surface area contributed by atoms with Crippen LogP contribution in [0.2, 0.25) is 0 Å². The molecule has 0 amide bonds. The van der Waals surface area contributed by atoms with Crippen molar-refractivity contribution < 1.29 is 6.17 Å². The molecule has 0 radical (unpaired) electrons. The Hall–Kier alpha value is -1.37. The first kappa shape index (κ1) is 5.42. The second kappa shape index (κ2) is 2.97. The van der Waals surface area contributed by atoms with Crippen molar-refractivity contribution >= 4 is 5.78 Å². The third-order valence-electron chi connectivity index (χ3n) is 1.21. The third kappa shape index (κ3) is 1.32. The third-order valence-corrected chi connectivity index (χ3v) is 1.21. The fourth-order valence-corrected chi connectivity index (χ4v) is 0.699. The molecule has 0 fully saturated rings. The maximum absolute atomic E-state index is 11.0. The Balaban J connectivity index is 2.86. The van der Waals surface area contributed by atoms with Gasteiger partial charge in [-0.25, -0.2) is 0 Å². The predicted octanol–water partition coefficient (Wildman–Crippen LogP) is 2.06. The van der Waals surface area contributed by atoms with E-state index in [-0.39, 0.29) is 5.78 Å². The van der Waals surface area contributed by atoms with Gasteiger partial charge in [0.05, 0.1) is 1.37 Å². The van der Waals surface area contributed by atoms with Gasteiger partial charge in [0.25, 0.3) is 0 Å². The van der Waals surface area contributed by atoms with E-state index in [1.54, 1.807) is 24.3 Å². The zero-order valence-corrected chi connectivity index (χ0v) is 5.45. The average molecular weight is 133 g/mol. The van der Waals surface area contributed by atoms with Crippen LogP contribution in [0.1, 0.15) is 11.7 Å². The number of ketones is 1. The summed E-state index contributed by atoms with van der Waals surface area (Å²) in [6.45, 7) is 0.995. The maximum Gasteiger partial charge on any atom is 0.185 e. The molecule has 1 aromatic rings. The highest BCUT2D eigenvalue weighted by Gasteiger charge is 1.95. The average Bonchev–Trinajstić information content (AvgIpc) is 2.07. The molecule has 1 nitrogen and oxygen atoms in total. The van der Waals surface area contributed by atoms with Crippen LogP contribution < -0.4 is 0 Å². The zero-order valence-electron chi connectivity index (χ0n) is 6.45. The van der Waals surface area contributed by atoms with Crippen molar-refractivity contribution in [2.24, 2.45) is 0 Å². The molecule has 0 heterocycles. The van der Waals surface area contributed by atoms with E-state index in [9.17, 15) is 4.79 Å². The van der Waals surface area contributed by atoms with Crippen LogP contribution in [0.25, 0.3) is 0 Å². The Kier molecular flexibility index (Phi) is 1.61. The highest BCUT2D eigenvalue weighted by molar-refractivity contribution is 6.04. The molecule has 1 aromatic carbocycles. The fourth-order valence-electron chi connectivity index (χ4n) is 0.699. The van der Waals surface area contributed by atoms with Crippen molar-refractivity contribution in [3.63, 3.8) is 0 Å². The highest BCUT2D eigenvalue weighted by atomic mass is 16.1. The lowest BCUT2D eigenvalue weighted by molar-refractivity contribution is 0.104. The second-order valence-corrected chi connectivity index (χ2v) is 1.90. The van der Waals surface area contributed by atoms with Crippen LogP contribution in [-0.2, 0) is 0 Å². The second-order valence-electron chi connectivity index (χ2n) is 1.90. The summed E-state index contributed by atoms with van der Waals surface area (Å²) in [6, 6.07) is 8.89. The number of carbonyl (C=O) groups excluding carboxylic acids is 1. The van der Waals surface area contributed by atoms with Crippen molar-refractivity contribution in [2.45, 2.75) is 0 Å². The number of hydrogen-bond donors (Lipinski definition) is 0. The molecule has 0 atom stereocenters. The van der Waals surface area contributed by atoms with Crippen LogP contribution in [0, 0.1) is 0 Å². The molecule has 50 valence electrons. The zero-order chi connectivity index (χ0) is 8.10. The van der Waals surface area contributed by atoms with Crippen molar-refractivity contribution in [1.29, 1.82) is 0 Å². The Bertz CT molecular complexity index is 264. The van der Waals surface area contributed by atoms with E-state index in [2.05, 4.69) is 0 Å². The first-order valence-electron chi connectivity index (χ1n) is 3.56. The molecular formula is C9H8O. The lowest BCUT2D eigenvalue weighted by atomic mass is 10.1. The molecule has 0 aromatic heterocycles. The largest absolute Gasteiger partial charge is 0.289 e. The van der Waals surface area contributed by atoms with Gasteiger partial charge < -0.3 is 0 Å². The van der Waals surface area contributed by atoms with E-state index in [1.165, 1.54) is 6.08 Å². The van der Waals surface area contributed by atoms with Crippen molar-refractivity contribution in [3.05, 3.63) is 48.5 Å². The molecular weight excluding hydrogens is 124 g/mol. The van der Waals surface area contributed by atoms with Gasteiger partial charge in [-0.3, -0.25) is 4.79 Å². The molecule has 1 heteroatoms. The molecule has 0 aliphatic rings. The van der Waals surface area contributed by atoms with E-state index in [1.807, 2.05) is 6.07 Å². The van der Waals surface area contributed by atoms with Crippen LogP contribution in [0.5, 0.6) is 0 Å². The summed E-state index contributed by atoms with van der Waals surface area (Å²) in [5.41, 5.74) is 0.621. The van der Waals surface area contributed by atoms with E-state index in [4.69, 9.17) is 1.37 Å². The van der Waals surface area contributed by atoms with Gasteiger partial charge in [-0.05, 0) is 6.08 Å². The Morgan fingerprint density at radius 2 is 2.20 bits per heavy atom. The molecule has 10 heavy (non-hydrogen) atoms. The van der Waals surface area contributed by atoms with E-state index in [0.29, 0.717) is 5.56 Å². The predicted molar refractivity (Wildman–Crippen MR) is 41.0 cm³/mol. The lowest BCUT2D eigenvalue weighted by Gasteiger charge is -1.90. The number of allylic oxidation sites excluding steroid dienone is 1. The van der Waals surface area contributed by atoms with Crippen LogP contribution in [0.3, 0.4) is 0 Å². The number of hydrogen-bond acceptors (Lipinski definition) is 1. The highest BCUT2D eigenvalue weighted by Crippen LogP contribution is 1.99. The standard InChI is InChI=1S/C9H8O/c1-2-9(10)8-6-4-3-5-7-8/h2-7H,1H2/i1D. The number of benzene rings is 1. The number of carbonyl (C=O) groups is 1. The van der Waals surface area contributed by atoms with E-state index in [0.717, 1.165) is 6.55 Å². The minimum absolute atomic E-state index is 0.124. The van der Waals surface area contributed by atoms with Gasteiger partial charge in [0.2, 0.25) is 0 Å². The van der Waals surface area contributed by atoms with Crippen LogP contribution in [0.15, 0.2) is 43.0 Å². The maximum atomic E-state index is 11.0. The molecule has 0 aliphatic carbocycles. The van der Waals surface area contributed by atoms with Gasteiger partial charge in [0.1, 0.15) is 0 Å². The molecule has 0 unspecified atom stereocenters. The Labute approximate surface area is 61.4 Å². The first-order valence-corrected chi connectivity index (χ1v) is 2.99. The Morgan fingerprint density at radius 3 is 2.80 bits per heavy atom. The summed E-state index contributed by atoms with van der Waals surface area (Å²) in [7, 11) is 0. The van der Waals surface area contributed by atoms with Crippen LogP contribution >= 0.6 is 0 Å². The van der Waals surface area contributed by atoms with Crippen molar-refractivity contribution in [1.82, 2.24) is 0 Å². The lowest BCUT2D eigenvalue weighted by Crippen LogP contribution is -1.90. The van der Waals surface area contributed by atoms with Gasteiger partial charge in [0, 0.05) is 5.56 Å². The summed E-state index contributed by atoms with van der Waals surface area (Å²) in [6.07, 6.45) is 1.23. The van der Waals surface area contributed by atoms with Gasteiger partial charge in [-0.2, -0.15) is 0 Å². The monoisotopic (exact) mass is 133 g/mol. The molecule has 0 N–H and O–H groups in total. The van der Waals surface area contributed by atoms with Gasteiger partial charge in [-0.1, -0.05) is 36.9 Å². The quantitative estimate of drug-likeness (QED) is 0.445. The van der Waals surface area contributed by atoms with Crippen LogP contribution in [-0.4, -0.2) is 5.78 Å². The minimum atomic E-state index is -0.124. The van der Waals surface area contributed by atoms with Gasteiger partial charge in [0.15, 0.2) is 5.78 Å². The summed E-state index contributed by atoms with van der Waals surface area (Å²) in [5.74, 6) is -0.124. The molecule has 0 spiro atoms. The Morgan fingerprint density at radius 1 is 1.50 bits per heavy atom. The van der Waals surface area contributed by atoms with Crippen molar-refractivity contribution in [2.75, 3.05) is 0 Å². The molecule has 0 bridgehead atoms. The molecule has 0 saturated heterocycles.